The van der Waals surface area contributed by atoms with Gasteiger partial charge in [-0.05, 0) is 44.9 Å². The van der Waals surface area contributed by atoms with E-state index >= 15 is 4.39 Å². The molecule has 0 amide bonds. The second-order valence-corrected chi connectivity index (χ2v) is 8.39. The summed E-state index contributed by atoms with van der Waals surface area (Å²) < 4.78 is 27.3. The van der Waals surface area contributed by atoms with Crippen LogP contribution in [0.25, 0.3) is 0 Å². The van der Waals surface area contributed by atoms with Crippen molar-refractivity contribution in [2.75, 3.05) is 6.54 Å². The van der Waals surface area contributed by atoms with Gasteiger partial charge in [0.05, 0.1) is 0 Å². The summed E-state index contributed by atoms with van der Waals surface area (Å²) in [6, 6.07) is 18.9. The third-order valence-electron chi connectivity index (χ3n) is 5.96. The highest BCUT2D eigenvalue weighted by molar-refractivity contribution is 5.96. The molecule has 0 fully saturated rings. The zero-order chi connectivity index (χ0) is 22.7. The lowest BCUT2D eigenvalue weighted by Crippen LogP contribution is -2.37. The number of carbonyl (C=O) groups is 1. The third kappa shape index (κ3) is 4.53. The molecule has 0 aromatic heterocycles. The van der Waals surface area contributed by atoms with Crippen LogP contribution in [0.4, 0.5) is 4.39 Å². The van der Waals surface area contributed by atoms with Crippen molar-refractivity contribution in [3.63, 3.8) is 0 Å². The zero-order valence-electron chi connectivity index (χ0n) is 18.7. The molecule has 0 saturated carbocycles. The first-order chi connectivity index (χ1) is 15.5. The SMILES string of the molecule is Cc1c(F)c2c(c(OCc3ccccc3)c1C(=O)Oc1ccccc1)CCN(C(C)C)C2. The molecular weight excluding hydrogens is 405 g/mol. The second-order valence-electron chi connectivity index (χ2n) is 8.39. The molecule has 1 heterocycles. The van der Waals surface area contributed by atoms with Crippen molar-refractivity contribution in [3.05, 3.63) is 94.3 Å². The van der Waals surface area contributed by atoms with E-state index in [9.17, 15) is 4.79 Å². The van der Waals surface area contributed by atoms with E-state index < -0.39 is 5.97 Å². The topological polar surface area (TPSA) is 38.8 Å². The first-order valence-electron chi connectivity index (χ1n) is 11.0. The molecule has 0 atom stereocenters. The fourth-order valence-electron chi connectivity index (χ4n) is 4.12. The molecule has 1 aliphatic rings. The summed E-state index contributed by atoms with van der Waals surface area (Å²) in [7, 11) is 0. The molecule has 0 saturated heterocycles. The average Bonchev–Trinajstić information content (AvgIpc) is 2.81. The van der Waals surface area contributed by atoms with E-state index in [0.29, 0.717) is 36.1 Å². The number of esters is 1. The highest BCUT2D eigenvalue weighted by Gasteiger charge is 2.32. The molecule has 166 valence electrons. The molecule has 0 bridgehead atoms. The minimum absolute atomic E-state index is 0.166. The van der Waals surface area contributed by atoms with Gasteiger partial charge < -0.3 is 9.47 Å². The summed E-state index contributed by atoms with van der Waals surface area (Å²) in [5, 5.41) is 0. The van der Waals surface area contributed by atoms with Crippen molar-refractivity contribution in [2.45, 2.75) is 46.4 Å². The van der Waals surface area contributed by atoms with Gasteiger partial charge in [0.15, 0.2) is 0 Å². The minimum Gasteiger partial charge on any atom is -0.488 e. The van der Waals surface area contributed by atoms with E-state index in [0.717, 1.165) is 17.7 Å². The molecule has 4 nitrogen and oxygen atoms in total. The van der Waals surface area contributed by atoms with E-state index in [4.69, 9.17) is 9.47 Å². The number of ether oxygens (including phenoxy) is 2. The Kier molecular flexibility index (Phi) is 6.56. The first kappa shape index (κ1) is 22.0. The number of fused-ring (bicyclic) bond motifs is 1. The van der Waals surface area contributed by atoms with Crippen molar-refractivity contribution >= 4 is 5.97 Å². The van der Waals surface area contributed by atoms with Crippen LogP contribution in [-0.2, 0) is 19.6 Å². The van der Waals surface area contributed by atoms with Gasteiger partial charge in [-0.2, -0.15) is 0 Å². The average molecular weight is 434 g/mol. The lowest BCUT2D eigenvalue weighted by molar-refractivity contribution is 0.0727. The molecule has 0 N–H and O–H groups in total. The highest BCUT2D eigenvalue weighted by atomic mass is 19.1. The molecular formula is C27H28FNO3. The number of hydrogen-bond acceptors (Lipinski definition) is 4. The molecule has 0 spiro atoms. The Labute approximate surface area is 188 Å². The van der Waals surface area contributed by atoms with Crippen molar-refractivity contribution in [3.8, 4) is 11.5 Å². The predicted octanol–water partition coefficient (Wildman–Crippen LogP) is 5.70. The van der Waals surface area contributed by atoms with Crippen molar-refractivity contribution in [1.82, 2.24) is 4.90 Å². The predicted molar refractivity (Wildman–Crippen MR) is 123 cm³/mol. The molecule has 3 aromatic carbocycles. The number of halogens is 1. The second kappa shape index (κ2) is 9.53. The summed E-state index contributed by atoms with van der Waals surface area (Å²) in [6.45, 7) is 7.40. The van der Waals surface area contributed by atoms with Gasteiger partial charge in [0.1, 0.15) is 29.5 Å². The van der Waals surface area contributed by atoms with Gasteiger partial charge in [0.2, 0.25) is 0 Å². The Morgan fingerprint density at radius 3 is 2.34 bits per heavy atom. The summed E-state index contributed by atoms with van der Waals surface area (Å²) in [4.78, 5) is 15.4. The Morgan fingerprint density at radius 2 is 1.69 bits per heavy atom. The lowest BCUT2D eigenvalue weighted by Gasteiger charge is -2.34. The Morgan fingerprint density at radius 1 is 1.03 bits per heavy atom. The number of benzene rings is 3. The van der Waals surface area contributed by atoms with Crippen LogP contribution in [0, 0.1) is 12.7 Å². The molecule has 5 heteroatoms. The van der Waals surface area contributed by atoms with Crippen LogP contribution < -0.4 is 9.47 Å². The molecule has 0 radical (unpaired) electrons. The smallest absolute Gasteiger partial charge is 0.347 e. The highest BCUT2D eigenvalue weighted by Crippen LogP contribution is 2.38. The van der Waals surface area contributed by atoms with E-state index in [2.05, 4.69) is 18.7 Å². The van der Waals surface area contributed by atoms with Gasteiger partial charge in [0.25, 0.3) is 0 Å². The standard InChI is InChI=1S/C27H28FNO3/c1-18(2)29-15-14-22-23(16-29)25(28)19(3)24(27(30)32-21-12-8-5-9-13-21)26(22)31-17-20-10-6-4-7-11-20/h4-13,18H,14-17H2,1-3H3. The summed E-state index contributed by atoms with van der Waals surface area (Å²) >= 11 is 0. The molecule has 0 unspecified atom stereocenters. The monoisotopic (exact) mass is 433 g/mol. The van der Waals surface area contributed by atoms with Crippen LogP contribution in [0.2, 0.25) is 0 Å². The maximum absolute atomic E-state index is 15.5. The van der Waals surface area contributed by atoms with Gasteiger partial charge >= 0.3 is 5.97 Å². The largest absolute Gasteiger partial charge is 0.488 e. The number of rotatable bonds is 6. The van der Waals surface area contributed by atoms with E-state index in [1.807, 2.05) is 36.4 Å². The quantitative estimate of drug-likeness (QED) is 0.369. The van der Waals surface area contributed by atoms with Crippen molar-refractivity contribution in [2.24, 2.45) is 0 Å². The maximum atomic E-state index is 15.5. The van der Waals surface area contributed by atoms with Gasteiger partial charge in [-0.1, -0.05) is 48.5 Å². The number of para-hydroxylation sites is 1. The first-order valence-corrected chi connectivity index (χ1v) is 11.0. The fraction of sp³-hybridized carbons (Fsp3) is 0.296. The molecule has 32 heavy (non-hydrogen) atoms. The van der Waals surface area contributed by atoms with Crippen LogP contribution in [0.5, 0.6) is 11.5 Å². The van der Waals surface area contributed by atoms with Crippen LogP contribution in [0.1, 0.15) is 46.5 Å². The molecule has 3 aromatic rings. The van der Waals surface area contributed by atoms with Crippen molar-refractivity contribution in [1.29, 1.82) is 0 Å². The molecule has 0 aliphatic carbocycles. The Balaban J connectivity index is 1.76. The normalized spacial score (nSPS) is 13.7. The summed E-state index contributed by atoms with van der Waals surface area (Å²) in [5.41, 5.74) is 2.78. The van der Waals surface area contributed by atoms with E-state index in [1.165, 1.54) is 0 Å². The fourth-order valence-corrected chi connectivity index (χ4v) is 4.12. The molecule has 1 aliphatic heterocycles. The molecule has 4 rings (SSSR count). The Hall–Kier alpha value is -3.18. The zero-order valence-corrected chi connectivity index (χ0v) is 18.7. The minimum atomic E-state index is -0.607. The van der Waals surface area contributed by atoms with Crippen LogP contribution in [0.3, 0.4) is 0 Å². The summed E-state index contributed by atoms with van der Waals surface area (Å²) in [6.07, 6.45) is 0.612. The van der Waals surface area contributed by atoms with Gasteiger partial charge in [0, 0.05) is 35.8 Å². The summed E-state index contributed by atoms with van der Waals surface area (Å²) in [5.74, 6) is -0.107. The number of carbonyl (C=O) groups excluding carboxylic acids is 1. The number of hydrogen-bond donors (Lipinski definition) is 0. The van der Waals surface area contributed by atoms with Crippen LogP contribution in [-0.4, -0.2) is 23.5 Å². The van der Waals surface area contributed by atoms with Gasteiger partial charge in [-0.25, -0.2) is 9.18 Å². The van der Waals surface area contributed by atoms with Crippen LogP contribution in [0.15, 0.2) is 60.7 Å². The van der Waals surface area contributed by atoms with E-state index in [1.54, 1.807) is 31.2 Å². The third-order valence-corrected chi connectivity index (χ3v) is 5.96. The lowest BCUT2D eigenvalue weighted by atomic mass is 9.91. The van der Waals surface area contributed by atoms with E-state index in [-0.39, 0.29) is 23.6 Å². The van der Waals surface area contributed by atoms with Crippen LogP contribution >= 0.6 is 0 Å². The van der Waals surface area contributed by atoms with Crippen molar-refractivity contribution < 1.29 is 18.7 Å². The Bertz CT molecular complexity index is 1100. The number of nitrogens with zero attached hydrogens (tertiary/aromatic N) is 1. The maximum Gasteiger partial charge on any atom is 0.347 e. The van der Waals surface area contributed by atoms with Gasteiger partial charge in [-0.15, -0.1) is 0 Å². The van der Waals surface area contributed by atoms with Gasteiger partial charge in [-0.3, -0.25) is 4.90 Å².